The molecule has 0 unspecified atom stereocenters. The SMILES string of the molecule is O=C1C=C2C(=CC(=O)c3ccccc32)c2ccccc21. The first kappa shape index (κ1) is 11.1. The number of rotatable bonds is 0. The number of fused-ring (bicyclic) bond motifs is 5. The zero-order valence-electron chi connectivity index (χ0n) is 10.6. The second kappa shape index (κ2) is 3.87. The smallest absolute Gasteiger partial charge is 0.187 e. The quantitative estimate of drug-likeness (QED) is 0.724. The van der Waals surface area contributed by atoms with E-state index in [0.717, 1.165) is 22.3 Å². The third-order valence-corrected chi connectivity index (χ3v) is 3.81. The molecular formula is C18H10O2. The molecule has 0 bridgehead atoms. The molecule has 4 rings (SSSR count). The van der Waals surface area contributed by atoms with Gasteiger partial charge in [-0.3, -0.25) is 9.59 Å². The molecule has 0 amide bonds. The van der Waals surface area contributed by atoms with Crippen molar-refractivity contribution in [3.63, 3.8) is 0 Å². The van der Waals surface area contributed by atoms with Gasteiger partial charge in [-0.25, -0.2) is 0 Å². The van der Waals surface area contributed by atoms with E-state index in [0.29, 0.717) is 11.1 Å². The minimum atomic E-state index is -0.00287. The number of carbonyl (C=O) groups is 2. The predicted octanol–water partition coefficient (Wildman–Crippen LogP) is 3.55. The number of hydrogen-bond donors (Lipinski definition) is 0. The molecule has 0 saturated carbocycles. The summed E-state index contributed by atoms with van der Waals surface area (Å²) in [6.45, 7) is 0. The van der Waals surface area contributed by atoms with Crippen molar-refractivity contribution >= 4 is 22.7 Å². The summed E-state index contributed by atoms with van der Waals surface area (Å²) in [5.41, 5.74) is 4.72. The monoisotopic (exact) mass is 258 g/mol. The molecule has 0 heterocycles. The largest absolute Gasteiger partial charge is 0.289 e. The molecule has 2 aromatic carbocycles. The van der Waals surface area contributed by atoms with Gasteiger partial charge in [0.15, 0.2) is 11.6 Å². The summed E-state index contributed by atoms with van der Waals surface area (Å²) in [4.78, 5) is 24.5. The van der Waals surface area contributed by atoms with Crippen LogP contribution in [0.2, 0.25) is 0 Å². The van der Waals surface area contributed by atoms with Crippen molar-refractivity contribution < 1.29 is 9.59 Å². The topological polar surface area (TPSA) is 34.1 Å². The van der Waals surface area contributed by atoms with E-state index in [1.54, 1.807) is 24.3 Å². The van der Waals surface area contributed by atoms with Crippen LogP contribution >= 0.6 is 0 Å². The Hall–Kier alpha value is -2.74. The lowest BCUT2D eigenvalue weighted by atomic mass is 9.77. The minimum absolute atomic E-state index is 0.00287. The standard InChI is InChI=1S/C18H10O2/c19-17-10-16-12-6-2-4-8-14(12)18(20)9-15(16)11-5-1-3-7-13(11)17/h1-10H. The third-order valence-electron chi connectivity index (χ3n) is 3.81. The van der Waals surface area contributed by atoms with E-state index in [1.165, 1.54) is 0 Å². The maximum atomic E-state index is 12.2. The van der Waals surface area contributed by atoms with Gasteiger partial charge in [0.2, 0.25) is 0 Å². The van der Waals surface area contributed by atoms with Crippen molar-refractivity contribution in [1.29, 1.82) is 0 Å². The van der Waals surface area contributed by atoms with Gasteiger partial charge in [-0.2, -0.15) is 0 Å². The second-order valence-electron chi connectivity index (χ2n) is 4.94. The molecule has 2 aliphatic rings. The van der Waals surface area contributed by atoms with Crippen LogP contribution in [0.1, 0.15) is 31.8 Å². The fourth-order valence-corrected chi connectivity index (χ4v) is 2.88. The average molecular weight is 258 g/mol. The molecule has 2 nitrogen and oxygen atoms in total. The van der Waals surface area contributed by atoms with E-state index in [1.807, 2.05) is 36.4 Å². The summed E-state index contributed by atoms with van der Waals surface area (Å²) >= 11 is 0. The van der Waals surface area contributed by atoms with E-state index in [9.17, 15) is 9.59 Å². The normalized spacial score (nSPS) is 15.8. The maximum absolute atomic E-state index is 12.2. The van der Waals surface area contributed by atoms with Crippen LogP contribution in [0.15, 0.2) is 60.7 Å². The van der Waals surface area contributed by atoms with Crippen molar-refractivity contribution in [3.05, 3.63) is 82.9 Å². The molecule has 2 aromatic rings. The van der Waals surface area contributed by atoms with Crippen LogP contribution in [0.3, 0.4) is 0 Å². The van der Waals surface area contributed by atoms with Crippen LogP contribution in [0, 0.1) is 0 Å². The zero-order valence-corrected chi connectivity index (χ0v) is 10.6. The zero-order chi connectivity index (χ0) is 13.7. The van der Waals surface area contributed by atoms with Gasteiger partial charge < -0.3 is 0 Å². The molecule has 0 saturated heterocycles. The molecule has 0 radical (unpaired) electrons. The Kier molecular flexibility index (Phi) is 2.15. The number of hydrogen-bond acceptors (Lipinski definition) is 2. The van der Waals surface area contributed by atoms with Crippen molar-refractivity contribution in [1.82, 2.24) is 0 Å². The van der Waals surface area contributed by atoms with Crippen molar-refractivity contribution in [2.45, 2.75) is 0 Å². The summed E-state index contributed by atoms with van der Waals surface area (Å²) in [6.07, 6.45) is 3.28. The highest BCUT2D eigenvalue weighted by Crippen LogP contribution is 2.41. The van der Waals surface area contributed by atoms with Crippen LogP contribution in [-0.4, -0.2) is 11.6 Å². The van der Waals surface area contributed by atoms with Gasteiger partial charge in [-0.1, -0.05) is 48.5 Å². The fraction of sp³-hybridized carbons (Fsp3) is 0. The molecule has 0 aromatic heterocycles. The molecular weight excluding hydrogens is 248 g/mol. The molecule has 2 aliphatic carbocycles. The summed E-state index contributed by atoms with van der Waals surface area (Å²) in [6, 6.07) is 14.9. The Bertz CT molecular complexity index is 767. The molecule has 0 fully saturated rings. The Morgan fingerprint density at radius 2 is 0.850 bits per heavy atom. The Balaban J connectivity index is 2.05. The lowest BCUT2D eigenvalue weighted by molar-refractivity contribution is 0.103. The number of benzene rings is 2. The Morgan fingerprint density at radius 1 is 0.500 bits per heavy atom. The highest BCUT2D eigenvalue weighted by atomic mass is 16.1. The first-order valence-corrected chi connectivity index (χ1v) is 6.47. The predicted molar refractivity (Wildman–Crippen MR) is 77.5 cm³/mol. The summed E-state index contributed by atoms with van der Waals surface area (Å²) < 4.78 is 0. The summed E-state index contributed by atoms with van der Waals surface area (Å²) in [7, 11) is 0. The fourth-order valence-electron chi connectivity index (χ4n) is 2.88. The molecule has 20 heavy (non-hydrogen) atoms. The highest BCUT2D eigenvalue weighted by molar-refractivity contribution is 6.31. The van der Waals surface area contributed by atoms with Crippen molar-refractivity contribution in [2.24, 2.45) is 0 Å². The Morgan fingerprint density at radius 3 is 1.25 bits per heavy atom. The van der Waals surface area contributed by atoms with Gasteiger partial charge in [-0.15, -0.1) is 0 Å². The van der Waals surface area contributed by atoms with Gasteiger partial charge in [0.1, 0.15) is 0 Å². The number of carbonyl (C=O) groups excluding carboxylic acids is 2. The van der Waals surface area contributed by atoms with Crippen molar-refractivity contribution in [3.8, 4) is 0 Å². The first-order valence-electron chi connectivity index (χ1n) is 6.47. The molecule has 0 aliphatic heterocycles. The third kappa shape index (κ3) is 1.39. The van der Waals surface area contributed by atoms with Gasteiger partial charge in [0, 0.05) is 11.1 Å². The Labute approximate surface area is 116 Å². The van der Waals surface area contributed by atoms with Crippen molar-refractivity contribution in [2.75, 3.05) is 0 Å². The minimum Gasteiger partial charge on any atom is -0.289 e. The van der Waals surface area contributed by atoms with Gasteiger partial charge in [-0.05, 0) is 34.4 Å². The summed E-state index contributed by atoms with van der Waals surface area (Å²) in [5, 5.41) is 0. The maximum Gasteiger partial charge on any atom is 0.187 e. The van der Waals surface area contributed by atoms with Gasteiger partial charge in [0.25, 0.3) is 0 Å². The molecule has 0 atom stereocenters. The van der Waals surface area contributed by atoms with Gasteiger partial charge in [0.05, 0.1) is 0 Å². The molecule has 0 spiro atoms. The lowest BCUT2D eigenvalue weighted by Crippen LogP contribution is -2.15. The highest BCUT2D eigenvalue weighted by Gasteiger charge is 2.29. The number of allylic oxidation sites excluding steroid dienone is 4. The van der Waals surface area contributed by atoms with Crippen LogP contribution in [0.25, 0.3) is 11.1 Å². The van der Waals surface area contributed by atoms with E-state index in [2.05, 4.69) is 0 Å². The van der Waals surface area contributed by atoms with Crippen LogP contribution in [-0.2, 0) is 0 Å². The lowest BCUT2D eigenvalue weighted by Gasteiger charge is -2.24. The van der Waals surface area contributed by atoms with Crippen LogP contribution in [0.4, 0.5) is 0 Å². The summed E-state index contributed by atoms with van der Waals surface area (Å²) in [5.74, 6) is -0.00574. The molecule has 94 valence electrons. The van der Waals surface area contributed by atoms with E-state index in [-0.39, 0.29) is 11.6 Å². The van der Waals surface area contributed by atoms with E-state index in [4.69, 9.17) is 0 Å². The molecule has 2 heteroatoms. The average Bonchev–Trinajstić information content (AvgIpc) is 2.49. The van der Waals surface area contributed by atoms with E-state index < -0.39 is 0 Å². The first-order chi connectivity index (χ1) is 9.75. The number of ketones is 2. The van der Waals surface area contributed by atoms with Crippen LogP contribution in [0.5, 0.6) is 0 Å². The molecule has 0 N–H and O–H groups in total. The second-order valence-corrected chi connectivity index (χ2v) is 4.94. The van der Waals surface area contributed by atoms with E-state index >= 15 is 0 Å². The van der Waals surface area contributed by atoms with Gasteiger partial charge >= 0.3 is 0 Å². The van der Waals surface area contributed by atoms with Crippen LogP contribution < -0.4 is 0 Å².